The Morgan fingerprint density at radius 1 is 1.00 bits per heavy atom. The summed E-state index contributed by atoms with van der Waals surface area (Å²) in [6, 6.07) is 25.7. The van der Waals surface area contributed by atoms with Crippen molar-refractivity contribution >= 4 is 11.7 Å². The van der Waals surface area contributed by atoms with Crippen LogP contribution in [0.25, 0.3) is 11.5 Å². The number of fused-ring (bicyclic) bond motifs is 3. The van der Waals surface area contributed by atoms with Gasteiger partial charge >= 0.3 is 6.03 Å². The third-order valence-corrected chi connectivity index (χ3v) is 7.37. The summed E-state index contributed by atoms with van der Waals surface area (Å²) in [4.78, 5) is 16.0. The zero-order valence-electron chi connectivity index (χ0n) is 22.2. The largest absolute Gasteiger partial charge is 0.322 e. The Balaban J connectivity index is 1.54. The first-order valence-electron chi connectivity index (χ1n) is 13.2. The van der Waals surface area contributed by atoms with Crippen molar-refractivity contribution in [1.29, 1.82) is 0 Å². The fraction of sp³-hybridized carbons (Fsp3) is 0.188. The minimum Gasteiger partial charge on any atom is -0.308 e. The molecule has 0 bridgehead atoms. The van der Waals surface area contributed by atoms with Crippen LogP contribution in [0.2, 0.25) is 0 Å². The summed E-state index contributed by atoms with van der Waals surface area (Å²) in [5.41, 5.74) is 7.47. The van der Waals surface area contributed by atoms with Gasteiger partial charge in [-0.3, -0.25) is 0 Å². The van der Waals surface area contributed by atoms with Crippen LogP contribution in [0.15, 0.2) is 91.1 Å². The van der Waals surface area contributed by atoms with E-state index in [0.29, 0.717) is 13.0 Å². The van der Waals surface area contributed by atoms with Gasteiger partial charge in [0.25, 0.3) is 0 Å². The van der Waals surface area contributed by atoms with Crippen molar-refractivity contribution in [2.24, 2.45) is 0 Å². The number of nitrogens with one attached hydrogen (secondary N) is 1. The molecule has 1 atom stereocenters. The molecule has 3 aromatic carbocycles. The number of nitrogens with zero attached hydrogens (tertiary/aromatic N) is 4. The second kappa shape index (κ2) is 9.91. The number of rotatable bonds is 4. The summed E-state index contributed by atoms with van der Waals surface area (Å²) in [7, 11) is 0. The van der Waals surface area contributed by atoms with Gasteiger partial charge in [0.05, 0.1) is 29.7 Å². The summed E-state index contributed by atoms with van der Waals surface area (Å²) in [6.07, 6.45) is 2.73. The highest BCUT2D eigenvalue weighted by Gasteiger charge is 2.36. The van der Waals surface area contributed by atoms with Crippen LogP contribution in [0, 0.1) is 19.7 Å². The SMILES string of the molecule is CCc1nn(-c2ccccc2)c2c1CN(C(=O)Nc1ccc(C)cc1C)[C@@H](c1ccc(F)cc1)c1cccn1-2. The number of carbonyl (C=O) groups excluding carboxylic acids is 1. The first-order chi connectivity index (χ1) is 18.9. The smallest absolute Gasteiger partial charge is 0.308 e. The Labute approximate surface area is 227 Å². The first-order valence-corrected chi connectivity index (χ1v) is 13.2. The fourth-order valence-electron chi connectivity index (χ4n) is 5.48. The molecule has 1 N–H and O–H groups in total. The van der Waals surface area contributed by atoms with Gasteiger partial charge in [-0.05, 0) is 73.9 Å². The molecule has 2 amide bonds. The number of hydrogen-bond donors (Lipinski definition) is 1. The van der Waals surface area contributed by atoms with E-state index in [1.54, 1.807) is 12.1 Å². The van der Waals surface area contributed by atoms with Crippen LogP contribution >= 0.6 is 0 Å². The van der Waals surface area contributed by atoms with Gasteiger partial charge in [-0.25, -0.2) is 13.9 Å². The maximum absolute atomic E-state index is 14.1. The molecule has 5 aromatic rings. The lowest BCUT2D eigenvalue weighted by atomic mass is 10.0. The van der Waals surface area contributed by atoms with Crippen LogP contribution in [0.5, 0.6) is 0 Å². The summed E-state index contributed by atoms with van der Waals surface area (Å²) in [5.74, 6) is 0.595. The van der Waals surface area contributed by atoms with Gasteiger partial charge in [0.15, 0.2) is 0 Å². The van der Waals surface area contributed by atoms with E-state index in [2.05, 4.69) is 22.9 Å². The summed E-state index contributed by atoms with van der Waals surface area (Å²) in [5, 5.41) is 8.15. The van der Waals surface area contributed by atoms with Crippen LogP contribution in [0.1, 0.15) is 46.6 Å². The third-order valence-electron chi connectivity index (χ3n) is 7.37. The second-order valence-electron chi connectivity index (χ2n) is 9.98. The predicted octanol–water partition coefficient (Wildman–Crippen LogP) is 7.12. The lowest BCUT2D eigenvalue weighted by Gasteiger charge is -2.31. The number of amides is 2. The Kier molecular flexibility index (Phi) is 6.27. The lowest BCUT2D eigenvalue weighted by Crippen LogP contribution is -2.38. The zero-order chi connectivity index (χ0) is 27.1. The second-order valence-corrected chi connectivity index (χ2v) is 9.98. The Morgan fingerprint density at radius 3 is 2.49 bits per heavy atom. The number of halogens is 1. The van der Waals surface area contributed by atoms with Crippen molar-refractivity contribution < 1.29 is 9.18 Å². The minimum atomic E-state index is -0.451. The van der Waals surface area contributed by atoms with Crippen LogP contribution in [-0.2, 0) is 13.0 Å². The topological polar surface area (TPSA) is 55.1 Å². The molecule has 0 unspecified atom stereocenters. The molecule has 0 spiro atoms. The molecule has 0 aliphatic carbocycles. The molecule has 2 aromatic heterocycles. The Hall–Kier alpha value is -4.65. The van der Waals surface area contributed by atoms with E-state index in [0.717, 1.165) is 50.8 Å². The average Bonchev–Trinajstić information content (AvgIpc) is 3.52. The molecular weight excluding hydrogens is 489 g/mol. The van der Waals surface area contributed by atoms with E-state index < -0.39 is 6.04 Å². The third kappa shape index (κ3) is 4.40. The monoisotopic (exact) mass is 519 g/mol. The first kappa shape index (κ1) is 24.7. The minimum absolute atomic E-state index is 0.230. The molecule has 0 fully saturated rings. The Morgan fingerprint density at radius 2 is 1.77 bits per heavy atom. The maximum Gasteiger partial charge on any atom is 0.322 e. The molecule has 39 heavy (non-hydrogen) atoms. The number of hydrogen-bond acceptors (Lipinski definition) is 2. The van der Waals surface area contributed by atoms with Gasteiger partial charge in [-0.15, -0.1) is 0 Å². The number of para-hydroxylation sites is 1. The summed E-state index contributed by atoms with van der Waals surface area (Å²) < 4.78 is 18.1. The number of benzene rings is 3. The van der Waals surface area contributed by atoms with Crippen molar-refractivity contribution in [3.8, 4) is 11.5 Å². The molecule has 6 rings (SSSR count). The van der Waals surface area contributed by atoms with Crippen molar-refractivity contribution in [2.75, 3.05) is 5.32 Å². The molecule has 1 aliphatic rings. The lowest BCUT2D eigenvalue weighted by molar-refractivity contribution is 0.194. The zero-order valence-corrected chi connectivity index (χ0v) is 22.2. The van der Waals surface area contributed by atoms with E-state index in [4.69, 9.17) is 5.10 Å². The predicted molar refractivity (Wildman–Crippen MR) is 151 cm³/mol. The van der Waals surface area contributed by atoms with E-state index in [9.17, 15) is 9.18 Å². The molecule has 6 nitrogen and oxygen atoms in total. The highest BCUT2D eigenvalue weighted by Crippen LogP contribution is 2.39. The molecule has 3 heterocycles. The molecule has 196 valence electrons. The number of anilines is 1. The van der Waals surface area contributed by atoms with Gasteiger partial charge in [-0.2, -0.15) is 5.10 Å². The molecule has 0 saturated carbocycles. The van der Waals surface area contributed by atoms with Crippen LogP contribution in [-0.4, -0.2) is 25.3 Å². The highest BCUT2D eigenvalue weighted by molar-refractivity contribution is 5.91. The van der Waals surface area contributed by atoms with Gasteiger partial charge in [0.1, 0.15) is 11.6 Å². The molecule has 7 heteroatoms. The molecule has 1 aliphatic heterocycles. The molecule has 0 radical (unpaired) electrons. The summed E-state index contributed by atoms with van der Waals surface area (Å²) >= 11 is 0. The highest BCUT2D eigenvalue weighted by atomic mass is 19.1. The summed E-state index contributed by atoms with van der Waals surface area (Å²) in [6.45, 7) is 6.44. The standard InChI is InChI=1S/C32H30FN5O/c1-4-27-26-20-37(32(39)34-28-17-12-21(2)19-22(28)3)30(23-13-15-24(33)16-14-23)29-11-8-18-36(29)31(26)38(35-27)25-9-6-5-7-10-25/h5-19,30H,4,20H2,1-3H3,(H,34,39)/t30-/m0/s1. The van der Waals surface area contributed by atoms with E-state index in [-0.39, 0.29) is 11.8 Å². The molecule has 0 saturated heterocycles. The van der Waals surface area contributed by atoms with Gasteiger partial charge in [-0.1, -0.05) is 55.0 Å². The van der Waals surface area contributed by atoms with Crippen LogP contribution in [0.4, 0.5) is 14.9 Å². The van der Waals surface area contributed by atoms with Crippen molar-refractivity contribution in [2.45, 2.75) is 39.8 Å². The quantitative estimate of drug-likeness (QED) is 0.275. The van der Waals surface area contributed by atoms with E-state index in [1.165, 1.54) is 12.1 Å². The van der Waals surface area contributed by atoms with Crippen LogP contribution < -0.4 is 5.32 Å². The van der Waals surface area contributed by atoms with Crippen molar-refractivity contribution in [3.05, 3.63) is 131 Å². The Bertz CT molecular complexity index is 1650. The number of aryl methyl sites for hydroxylation is 3. The van der Waals surface area contributed by atoms with Gasteiger partial charge in [0, 0.05) is 17.4 Å². The van der Waals surface area contributed by atoms with Gasteiger partial charge < -0.3 is 14.8 Å². The maximum atomic E-state index is 14.1. The van der Waals surface area contributed by atoms with Crippen LogP contribution in [0.3, 0.4) is 0 Å². The van der Waals surface area contributed by atoms with Gasteiger partial charge in [0.2, 0.25) is 0 Å². The number of urea groups is 1. The normalized spacial score (nSPS) is 14.5. The fourth-order valence-corrected chi connectivity index (χ4v) is 5.48. The van der Waals surface area contributed by atoms with Crippen molar-refractivity contribution in [1.82, 2.24) is 19.2 Å². The number of aromatic nitrogens is 3. The molecular formula is C32H30FN5O. The van der Waals surface area contributed by atoms with Crippen molar-refractivity contribution in [3.63, 3.8) is 0 Å². The average molecular weight is 520 g/mol. The van der Waals surface area contributed by atoms with E-state index >= 15 is 0 Å². The van der Waals surface area contributed by atoms with E-state index in [1.807, 2.05) is 84.2 Å². The number of carbonyl (C=O) groups is 1.